The Morgan fingerprint density at radius 2 is 1.08 bits per heavy atom. The monoisotopic (exact) mass is 668 g/mol. The van der Waals surface area contributed by atoms with E-state index in [1.165, 1.54) is 0 Å². The van der Waals surface area contributed by atoms with Gasteiger partial charge in [0.1, 0.15) is 54.2 Å². The highest BCUT2D eigenvalue weighted by atomic mass is 16.5. The fourth-order valence-electron chi connectivity index (χ4n) is 5.25. The molecule has 0 bridgehead atoms. The molecular formula is C40H36N4O6. The van der Waals surface area contributed by atoms with Crippen LogP contribution in [0.5, 0.6) is 23.1 Å². The third-order valence-corrected chi connectivity index (χ3v) is 8.06. The van der Waals surface area contributed by atoms with Gasteiger partial charge in [-0.25, -0.2) is 9.97 Å². The van der Waals surface area contributed by atoms with Gasteiger partial charge in [0, 0.05) is 11.1 Å². The van der Waals surface area contributed by atoms with Gasteiger partial charge in [-0.1, -0.05) is 60.7 Å². The van der Waals surface area contributed by atoms with E-state index in [0.717, 1.165) is 56.7 Å². The molecule has 10 heteroatoms. The van der Waals surface area contributed by atoms with Gasteiger partial charge < -0.3 is 27.8 Å². The van der Waals surface area contributed by atoms with Crippen molar-refractivity contribution in [3.8, 4) is 46.0 Å². The molecule has 50 heavy (non-hydrogen) atoms. The van der Waals surface area contributed by atoms with Crippen molar-refractivity contribution in [1.29, 1.82) is 0 Å². The number of ether oxygens (including phenoxy) is 4. The Bertz CT molecular complexity index is 2140. The molecule has 3 heterocycles. The van der Waals surface area contributed by atoms with Crippen LogP contribution in [0.4, 0.5) is 0 Å². The van der Waals surface area contributed by atoms with Gasteiger partial charge >= 0.3 is 0 Å². The average molecular weight is 669 g/mol. The van der Waals surface area contributed by atoms with Gasteiger partial charge in [0.05, 0.1) is 19.9 Å². The summed E-state index contributed by atoms with van der Waals surface area (Å²) in [6, 6.07) is 35.3. The smallest absolute Gasteiger partial charge is 0.276 e. The highest BCUT2D eigenvalue weighted by Crippen LogP contribution is 2.28. The molecular weight excluding hydrogens is 632 g/mol. The lowest BCUT2D eigenvalue weighted by molar-refractivity contribution is 0.272. The molecule has 4 aromatic carbocycles. The Morgan fingerprint density at radius 3 is 1.58 bits per heavy atom. The van der Waals surface area contributed by atoms with Crippen molar-refractivity contribution >= 4 is 0 Å². The molecule has 0 atom stereocenters. The van der Waals surface area contributed by atoms with E-state index < -0.39 is 0 Å². The molecule has 0 saturated carbocycles. The number of hydrogen-bond donors (Lipinski definition) is 0. The zero-order valence-corrected chi connectivity index (χ0v) is 28.0. The standard InChI is InChI=1S/C40H36N4O6/c1-27-35(41-38(49-27)31-10-6-4-7-11-31)25-46-33-18-14-29(15-19-33)22-44-23-37(45-3)40(43-44)48-24-30-16-20-34(21-17-30)47-26-36-28(2)50-39(42-36)32-12-8-5-9-13-32/h4-21,23H,22,24-26H2,1-3H3. The van der Waals surface area contributed by atoms with E-state index in [1.807, 2.05) is 129 Å². The van der Waals surface area contributed by atoms with Gasteiger partial charge in [-0.05, 0) is 73.5 Å². The summed E-state index contributed by atoms with van der Waals surface area (Å²) in [6.45, 7) is 5.26. The highest BCUT2D eigenvalue weighted by Gasteiger charge is 2.15. The van der Waals surface area contributed by atoms with Crippen LogP contribution in [-0.2, 0) is 26.4 Å². The predicted octanol–water partition coefficient (Wildman–Crippen LogP) is 8.60. The van der Waals surface area contributed by atoms with E-state index in [2.05, 4.69) is 15.1 Å². The number of aromatic nitrogens is 4. The van der Waals surface area contributed by atoms with Gasteiger partial charge in [0.15, 0.2) is 0 Å². The topological polar surface area (TPSA) is 107 Å². The van der Waals surface area contributed by atoms with Crippen molar-refractivity contribution in [3.63, 3.8) is 0 Å². The Hall–Kier alpha value is -6.29. The van der Waals surface area contributed by atoms with Crippen LogP contribution in [0.1, 0.15) is 34.0 Å². The van der Waals surface area contributed by atoms with Crippen molar-refractivity contribution in [1.82, 2.24) is 19.7 Å². The van der Waals surface area contributed by atoms with Gasteiger partial charge in [0.2, 0.25) is 17.5 Å². The molecule has 0 N–H and O–H groups in total. The first-order valence-corrected chi connectivity index (χ1v) is 16.2. The summed E-state index contributed by atoms with van der Waals surface area (Å²) in [5.74, 6) is 5.09. The molecule has 10 nitrogen and oxygen atoms in total. The number of rotatable bonds is 14. The normalized spacial score (nSPS) is 11.0. The van der Waals surface area contributed by atoms with Crippen LogP contribution in [0.25, 0.3) is 22.9 Å². The third-order valence-electron chi connectivity index (χ3n) is 8.06. The highest BCUT2D eigenvalue weighted by molar-refractivity contribution is 5.54. The minimum absolute atomic E-state index is 0.306. The fraction of sp³-hybridized carbons (Fsp3) is 0.175. The van der Waals surface area contributed by atoms with E-state index in [0.29, 0.717) is 49.8 Å². The largest absolute Gasteiger partial charge is 0.490 e. The van der Waals surface area contributed by atoms with Gasteiger partial charge in [-0.3, -0.25) is 4.68 Å². The SMILES string of the molecule is COc1cn(Cc2ccc(OCc3nc(-c4ccccc4)oc3C)cc2)nc1OCc1ccc(OCc2nc(-c3ccccc3)oc2C)cc1. The molecule has 7 rings (SSSR count). The molecule has 3 aromatic heterocycles. The van der Waals surface area contributed by atoms with Gasteiger partial charge in [-0.15, -0.1) is 5.10 Å². The maximum Gasteiger partial charge on any atom is 0.276 e. The van der Waals surface area contributed by atoms with Crippen LogP contribution in [0, 0.1) is 13.8 Å². The van der Waals surface area contributed by atoms with Gasteiger partial charge in [0.25, 0.3) is 5.88 Å². The number of methoxy groups -OCH3 is 1. The van der Waals surface area contributed by atoms with Crippen molar-refractivity contribution in [3.05, 3.63) is 149 Å². The Labute approximate surface area is 289 Å². The van der Waals surface area contributed by atoms with Crippen LogP contribution >= 0.6 is 0 Å². The van der Waals surface area contributed by atoms with Gasteiger partial charge in [-0.2, -0.15) is 0 Å². The van der Waals surface area contributed by atoms with Crippen LogP contribution in [-0.4, -0.2) is 26.9 Å². The summed E-state index contributed by atoms with van der Waals surface area (Å²) in [7, 11) is 1.60. The summed E-state index contributed by atoms with van der Waals surface area (Å²) >= 11 is 0. The number of aryl methyl sites for hydroxylation is 2. The summed E-state index contributed by atoms with van der Waals surface area (Å²) in [4.78, 5) is 9.23. The third kappa shape index (κ3) is 7.71. The van der Waals surface area contributed by atoms with Crippen LogP contribution in [0.2, 0.25) is 0 Å². The maximum absolute atomic E-state index is 6.04. The lowest BCUT2D eigenvalue weighted by Gasteiger charge is -2.08. The number of benzene rings is 4. The van der Waals surface area contributed by atoms with E-state index in [4.69, 9.17) is 27.8 Å². The lowest BCUT2D eigenvalue weighted by atomic mass is 10.2. The van der Waals surface area contributed by atoms with Crippen molar-refractivity contribution in [2.75, 3.05) is 7.11 Å². The molecule has 0 unspecified atom stereocenters. The zero-order chi connectivity index (χ0) is 34.3. The summed E-state index contributed by atoms with van der Waals surface area (Å²) < 4.78 is 37.1. The molecule has 0 aliphatic carbocycles. The summed E-state index contributed by atoms with van der Waals surface area (Å²) in [6.07, 6.45) is 1.82. The van der Waals surface area contributed by atoms with E-state index in [-0.39, 0.29) is 0 Å². The Balaban J connectivity index is 0.899. The number of oxazole rings is 2. The molecule has 0 aliphatic heterocycles. The van der Waals surface area contributed by atoms with Crippen molar-refractivity contribution in [2.45, 2.75) is 40.2 Å². The first-order chi connectivity index (χ1) is 24.5. The number of hydrogen-bond acceptors (Lipinski definition) is 9. The van der Waals surface area contributed by atoms with Crippen LogP contribution in [0.15, 0.2) is 124 Å². The predicted molar refractivity (Wildman–Crippen MR) is 187 cm³/mol. The average Bonchev–Trinajstić information content (AvgIpc) is 3.86. The fourth-order valence-corrected chi connectivity index (χ4v) is 5.25. The first-order valence-electron chi connectivity index (χ1n) is 16.2. The summed E-state index contributed by atoms with van der Waals surface area (Å²) in [5, 5.41) is 4.62. The molecule has 0 amide bonds. The van der Waals surface area contributed by atoms with Crippen LogP contribution < -0.4 is 18.9 Å². The second kappa shape index (κ2) is 14.9. The molecule has 7 aromatic rings. The van der Waals surface area contributed by atoms with Crippen LogP contribution in [0.3, 0.4) is 0 Å². The second-order valence-corrected chi connectivity index (χ2v) is 11.6. The molecule has 252 valence electrons. The number of nitrogens with zero attached hydrogens (tertiary/aromatic N) is 4. The summed E-state index contributed by atoms with van der Waals surface area (Å²) in [5.41, 5.74) is 5.41. The minimum Gasteiger partial charge on any atom is -0.490 e. The molecule has 0 saturated heterocycles. The Kier molecular flexibility index (Phi) is 9.59. The lowest BCUT2D eigenvalue weighted by Crippen LogP contribution is -2.02. The molecule has 0 spiro atoms. The van der Waals surface area contributed by atoms with Crippen molar-refractivity contribution in [2.24, 2.45) is 0 Å². The van der Waals surface area contributed by atoms with E-state index >= 15 is 0 Å². The maximum atomic E-state index is 6.04. The second-order valence-electron chi connectivity index (χ2n) is 11.6. The molecule has 0 fully saturated rings. The van der Waals surface area contributed by atoms with E-state index in [1.54, 1.807) is 11.8 Å². The molecule has 0 aliphatic rings. The zero-order valence-electron chi connectivity index (χ0n) is 28.0. The van der Waals surface area contributed by atoms with E-state index in [9.17, 15) is 0 Å². The quantitative estimate of drug-likeness (QED) is 0.113. The molecule has 0 radical (unpaired) electrons. The first kappa shape index (κ1) is 32.3. The Morgan fingerprint density at radius 1 is 0.580 bits per heavy atom. The minimum atomic E-state index is 0.306. The van der Waals surface area contributed by atoms with Crippen molar-refractivity contribution < 1.29 is 27.8 Å².